The third-order valence-electron chi connectivity index (χ3n) is 5.50. The lowest BCUT2D eigenvalue weighted by Gasteiger charge is -2.12. The minimum absolute atomic E-state index is 0.0395. The third kappa shape index (κ3) is 2.88. The number of nitrogens with zero attached hydrogens (tertiary/aromatic N) is 3. The minimum Gasteiger partial charge on any atom is -0.341 e. The number of aryl methyl sites for hydroxylation is 2. The summed E-state index contributed by atoms with van der Waals surface area (Å²) in [5, 5.41) is 1.52. The number of nitrogens with one attached hydrogen (secondary N) is 1. The van der Waals surface area contributed by atoms with Crippen LogP contribution in [0, 0.1) is 0 Å². The Morgan fingerprint density at radius 3 is 2.73 bits per heavy atom. The van der Waals surface area contributed by atoms with Gasteiger partial charge in [0.25, 0.3) is 5.56 Å². The van der Waals surface area contributed by atoms with Crippen LogP contribution in [0.15, 0.2) is 64.5 Å². The molecule has 0 saturated carbocycles. The summed E-state index contributed by atoms with van der Waals surface area (Å²) in [5.41, 5.74) is 4.07. The third-order valence-corrected chi connectivity index (χ3v) is 7.63. The number of aromatic nitrogens is 4. The molecule has 5 aromatic rings. The van der Waals surface area contributed by atoms with Crippen LogP contribution in [0.3, 0.4) is 0 Å². The summed E-state index contributed by atoms with van der Waals surface area (Å²) in [6, 6.07) is 17.8. The van der Waals surface area contributed by atoms with Crippen LogP contribution in [0.1, 0.15) is 22.7 Å². The molecule has 3 aromatic heterocycles. The predicted octanol–water partition coefficient (Wildman–Crippen LogP) is 5.10. The molecule has 0 radical (unpaired) electrons. The molecule has 2 aromatic carbocycles. The van der Waals surface area contributed by atoms with E-state index in [-0.39, 0.29) is 5.56 Å². The van der Waals surface area contributed by atoms with Crippen LogP contribution in [0.2, 0.25) is 0 Å². The van der Waals surface area contributed by atoms with Crippen molar-refractivity contribution in [2.75, 3.05) is 0 Å². The standard InChI is InChI=1S/C23H18N4OS2/c28-22-20-15-9-6-12-18(15)30-21(20)26-23(27(22)14-7-2-1-3-8-14)29-13-19-24-16-10-4-5-11-17(16)25-19/h1-5,7-8,10-11H,6,9,12-13H2,(H,24,25). The van der Waals surface area contributed by atoms with E-state index in [9.17, 15) is 4.79 Å². The number of thioether (sulfide) groups is 1. The fraction of sp³-hybridized carbons (Fsp3) is 0.174. The number of imidazole rings is 1. The van der Waals surface area contributed by atoms with Gasteiger partial charge >= 0.3 is 0 Å². The molecule has 0 saturated heterocycles. The van der Waals surface area contributed by atoms with Crippen LogP contribution in [-0.4, -0.2) is 19.5 Å². The van der Waals surface area contributed by atoms with Gasteiger partial charge in [0.05, 0.1) is 27.9 Å². The normalized spacial score (nSPS) is 13.3. The van der Waals surface area contributed by atoms with Gasteiger partial charge in [0.15, 0.2) is 5.16 Å². The second kappa shape index (κ2) is 7.11. The highest BCUT2D eigenvalue weighted by Gasteiger charge is 2.24. The van der Waals surface area contributed by atoms with Crippen LogP contribution in [0.5, 0.6) is 0 Å². The monoisotopic (exact) mass is 430 g/mol. The Hall–Kier alpha value is -2.90. The van der Waals surface area contributed by atoms with Crippen molar-refractivity contribution in [3.63, 3.8) is 0 Å². The van der Waals surface area contributed by atoms with Gasteiger partial charge in [0.2, 0.25) is 0 Å². The Morgan fingerprint density at radius 2 is 1.87 bits per heavy atom. The highest BCUT2D eigenvalue weighted by molar-refractivity contribution is 7.98. The summed E-state index contributed by atoms with van der Waals surface area (Å²) in [7, 11) is 0. The van der Waals surface area contributed by atoms with Gasteiger partial charge in [-0.05, 0) is 49.1 Å². The zero-order chi connectivity index (χ0) is 20.1. The minimum atomic E-state index is 0.0395. The molecule has 0 fully saturated rings. The SMILES string of the molecule is O=c1c2c3c(sc2nc(SCc2nc4ccccc4[nH]2)n1-c1ccccc1)CCC3. The van der Waals surface area contributed by atoms with Crippen molar-refractivity contribution in [1.82, 2.24) is 19.5 Å². The first-order chi connectivity index (χ1) is 14.8. The number of H-pyrrole nitrogens is 1. The molecular weight excluding hydrogens is 412 g/mol. The van der Waals surface area contributed by atoms with Gasteiger partial charge in [-0.3, -0.25) is 9.36 Å². The first-order valence-corrected chi connectivity index (χ1v) is 11.8. The number of benzene rings is 2. The molecule has 1 aliphatic rings. The van der Waals surface area contributed by atoms with Crippen molar-refractivity contribution in [2.45, 2.75) is 30.2 Å². The molecule has 7 heteroatoms. The number of para-hydroxylation sites is 3. The lowest BCUT2D eigenvalue weighted by atomic mass is 10.2. The Kier molecular flexibility index (Phi) is 4.24. The van der Waals surface area contributed by atoms with E-state index in [0.29, 0.717) is 10.9 Å². The van der Waals surface area contributed by atoms with Crippen molar-refractivity contribution < 1.29 is 0 Å². The molecule has 0 spiro atoms. The average Bonchev–Trinajstić information content (AvgIpc) is 3.46. The fourth-order valence-electron chi connectivity index (χ4n) is 4.13. The number of thiophene rings is 1. The Labute approximate surface area is 180 Å². The highest BCUT2D eigenvalue weighted by atomic mass is 32.2. The number of rotatable bonds is 4. The molecule has 1 aliphatic carbocycles. The summed E-state index contributed by atoms with van der Waals surface area (Å²) in [6.45, 7) is 0. The van der Waals surface area contributed by atoms with Crippen LogP contribution in [0.4, 0.5) is 0 Å². The molecule has 0 unspecified atom stereocenters. The van der Waals surface area contributed by atoms with Gasteiger partial charge in [0, 0.05) is 4.88 Å². The second-order valence-electron chi connectivity index (χ2n) is 7.40. The lowest BCUT2D eigenvalue weighted by Crippen LogP contribution is -2.21. The smallest absolute Gasteiger partial charge is 0.267 e. The molecule has 1 N–H and O–H groups in total. The number of aromatic amines is 1. The van der Waals surface area contributed by atoms with Crippen LogP contribution in [-0.2, 0) is 18.6 Å². The average molecular weight is 431 g/mol. The van der Waals surface area contributed by atoms with E-state index in [1.54, 1.807) is 27.7 Å². The maximum Gasteiger partial charge on any atom is 0.267 e. The molecule has 0 bridgehead atoms. The van der Waals surface area contributed by atoms with Crippen LogP contribution >= 0.6 is 23.1 Å². The fourth-order valence-corrected chi connectivity index (χ4v) is 6.32. The van der Waals surface area contributed by atoms with Gasteiger partial charge in [-0.15, -0.1) is 11.3 Å². The maximum atomic E-state index is 13.6. The molecule has 148 valence electrons. The van der Waals surface area contributed by atoms with Gasteiger partial charge in [-0.25, -0.2) is 9.97 Å². The molecule has 30 heavy (non-hydrogen) atoms. The molecule has 0 amide bonds. The van der Waals surface area contributed by atoms with Gasteiger partial charge in [-0.2, -0.15) is 0 Å². The summed E-state index contributed by atoms with van der Waals surface area (Å²) < 4.78 is 1.76. The molecule has 0 atom stereocenters. The highest BCUT2D eigenvalue weighted by Crippen LogP contribution is 2.36. The number of hydrogen-bond donors (Lipinski definition) is 1. The molecular formula is C23H18N4OS2. The molecule has 6 rings (SSSR count). The maximum absolute atomic E-state index is 13.6. The van der Waals surface area contributed by atoms with Crippen molar-refractivity contribution in [1.29, 1.82) is 0 Å². The van der Waals surface area contributed by atoms with E-state index in [1.165, 1.54) is 10.4 Å². The van der Waals surface area contributed by atoms with Crippen LogP contribution in [0.25, 0.3) is 26.9 Å². The van der Waals surface area contributed by atoms with Crippen molar-refractivity contribution in [3.8, 4) is 5.69 Å². The molecule has 3 heterocycles. The topological polar surface area (TPSA) is 63.6 Å². The van der Waals surface area contributed by atoms with E-state index >= 15 is 0 Å². The molecule has 5 nitrogen and oxygen atoms in total. The predicted molar refractivity (Wildman–Crippen MR) is 123 cm³/mol. The van der Waals surface area contributed by atoms with E-state index in [0.717, 1.165) is 52.0 Å². The van der Waals surface area contributed by atoms with Crippen LogP contribution < -0.4 is 5.56 Å². The summed E-state index contributed by atoms with van der Waals surface area (Å²) in [5.74, 6) is 1.49. The lowest BCUT2D eigenvalue weighted by molar-refractivity contribution is 0.819. The number of fused-ring (bicyclic) bond motifs is 4. The molecule has 0 aliphatic heterocycles. The van der Waals surface area contributed by atoms with E-state index in [4.69, 9.17) is 4.98 Å². The zero-order valence-corrected chi connectivity index (χ0v) is 17.7. The van der Waals surface area contributed by atoms with Gasteiger partial charge in [0.1, 0.15) is 10.7 Å². The van der Waals surface area contributed by atoms with Crippen molar-refractivity contribution in [2.24, 2.45) is 0 Å². The largest absolute Gasteiger partial charge is 0.341 e. The van der Waals surface area contributed by atoms with Gasteiger partial charge in [-0.1, -0.05) is 42.1 Å². The first kappa shape index (κ1) is 17.9. The summed E-state index contributed by atoms with van der Waals surface area (Å²) >= 11 is 3.23. The van der Waals surface area contributed by atoms with E-state index in [1.807, 2.05) is 54.6 Å². The van der Waals surface area contributed by atoms with E-state index in [2.05, 4.69) is 9.97 Å². The van der Waals surface area contributed by atoms with Crippen molar-refractivity contribution in [3.05, 3.63) is 81.2 Å². The Bertz CT molecular complexity index is 1420. The van der Waals surface area contributed by atoms with E-state index < -0.39 is 0 Å². The summed E-state index contributed by atoms with van der Waals surface area (Å²) in [4.78, 5) is 28.8. The first-order valence-electron chi connectivity index (χ1n) is 9.97. The Morgan fingerprint density at radius 1 is 1.03 bits per heavy atom. The van der Waals surface area contributed by atoms with Gasteiger partial charge < -0.3 is 4.98 Å². The van der Waals surface area contributed by atoms with Crippen molar-refractivity contribution >= 4 is 44.3 Å². The second-order valence-corrected chi connectivity index (χ2v) is 9.42. The zero-order valence-electron chi connectivity index (χ0n) is 16.1. The summed E-state index contributed by atoms with van der Waals surface area (Å²) in [6.07, 6.45) is 3.17. The Balaban J connectivity index is 1.47. The quantitative estimate of drug-likeness (QED) is 0.318. The number of hydrogen-bond acceptors (Lipinski definition) is 5.